The van der Waals surface area contributed by atoms with Crippen LogP contribution < -0.4 is 4.74 Å². The first-order valence-electron chi connectivity index (χ1n) is 9.30. The van der Waals surface area contributed by atoms with Gasteiger partial charge in [-0.05, 0) is 61.4 Å². The summed E-state index contributed by atoms with van der Waals surface area (Å²) in [7, 11) is 0. The van der Waals surface area contributed by atoms with Crippen LogP contribution >= 0.6 is 27.5 Å². The lowest BCUT2D eigenvalue weighted by Crippen LogP contribution is -2.04. The number of aromatic nitrogens is 2. The molecule has 0 spiro atoms. The van der Waals surface area contributed by atoms with Crippen LogP contribution in [0.25, 0.3) is 22.4 Å². The van der Waals surface area contributed by atoms with Crippen molar-refractivity contribution < 1.29 is 4.74 Å². The molecule has 0 radical (unpaired) electrons. The van der Waals surface area contributed by atoms with Gasteiger partial charge in [0.1, 0.15) is 11.6 Å². The van der Waals surface area contributed by atoms with Crippen LogP contribution in [0.1, 0.15) is 12.8 Å². The molecule has 0 fully saturated rings. The topological polar surface area (TPSA) is 27.1 Å². The number of rotatable bonds is 7. The first kappa shape index (κ1) is 19.0. The summed E-state index contributed by atoms with van der Waals surface area (Å²) in [6.07, 6.45) is 1.97. The zero-order valence-electron chi connectivity index (χ0n) is 15.3. The quantitative estimate of drug-likeness (QED) is 0.281. The number of fused-ring (bicyclic) bond motifs is 1. The average Bonchev–Trinajstić information content (AvgIpc) is 3.08. The monoisotopic (exact) mass is 454 g/mol. The lowest BCUT2D eigenvalue weighted by atomic mass is 10.2. The van der Waals surface area contributed by atoms with Gasteiger partial charge in [-0.25, -0.2) is 4.98 Å². The fourth-order valence-electron chi connectivity index (χ4n) is 3.24. The third kappa shape index (κ3) is 4.40. The van der Waals surface area contributed by atoms with E-state index in [1.54, 1.807) is 0 Å². The lowest BCUT2D eigenvalue weighted by molar-refractivity contribution is 0.303. The molecule has 0 N–H and O–H groups in total. The van der Waals surface area contributed by atoms with E-state index in [4.69, 9.17) is 21.3 Å². The van der Waals surface area contributed by atoms with Crippen LogP contribution in [0.2, 0.25) is 5.02 Å². The van der Waals surface area contributed by atoms with Crippen molar-refractivity contribution >= 4 is 38.6 Å². The molecule has 0 saturated heterocycles. The molecule has 0 aliphatic heterocycles. The summed E-state index contributed by atoms with van der Waals surface area (Å²) in [4.78, 5) is 4.88. The molecule has 3 nitrogen and oxygen atoms in total. The molecule has 5 heteroatoms. The Morgan fingerprint density at radius 2 is 1.75 bits per heavy atom. The number of aryl methyl sites for hydroxylation is 1. The summed E-state index contributed by atoms with van der Waals surface area (Å²) in [5.74, 6) is 1.86. The number of halogens is 2. The van der Waals surface area contributed by atoms with Gasteiger partial charge in [-0.3, -0.25) is 0 Å². The lowest BCUT2D eigenvalue weighted by Gasteiger charge is -2.10. The fraction of sp³-hybridized carbons (Fsp3) is 0.174. The van der Waals surface area contributed by atoms with E-state index in [1.807, 2.05) is 42.5 Å². The number of hydrogen-bond donors (Lipinski definition) is 0. The highest BCUT2D eigenvalue weighted by Gasteiger charge is 2.12. The molecule has 0 bridgehead atoms. The molecule has 4 rings (SSSR count). The molecule has 3 aromatic carbocycles. The minimum atomic E-state index is 0.681. The Balaban J connectivity index is 1.46. The van der Waals surface area contributed by atoms with E-state index in [9.17, 15) is 0 Å². The molecule has 0 aliphatic carbocycles. The minimum Gasteiger partial charge on any atom is -0.494 e. The first-order chi connectivity index (χ1) is 13.7. The van der Waals surface area contributed by atoms with Gasteiger partial charge in [0, 0.05) is 21.6 Å². The maximum absolute atomic E-state index is 5.91. The van der Waals surface area contributed by atoms with E-state index in [0.717, 1.165) is 57.1 Å². The van der Waals surface area contributed by atoms with Crippen molar-refractivity contribution in [2.75, 3.05) is 6.61 Å². The zero-order valence-corrected chi connectivity index (χ0v) is 17.7. The smallest absolute Gasteiger partial charge is 0.141 e. The molecule has 0 saturated carbocycles. The number of unbranched alkanes of at least 4 members (excludes halogenated alkanes) is 1. The number of para-hydroxylation sites is 2. The highest BCUT2D eigenvalue weighted by atomic mass is 79.9. The number of hydrogen-bond acceptors (Lipinski definition) is 2. The van der Waals surface area contributed by atoms with E-state index < -0.39 is 0 Å². The Hall–Kier alpha value is -2.30. The SMILES string of the molecule is Clc1ccc(OCCCCn2c(-c3cccc(Br)c3)nc3ccccc32)cc1. The number of nitrogens with zero attached hydrogens (tertiary/aromatic N) is 2. The Morgan fingerprint density at radius 3 is 2.57 bits per heavy atom. The van der Waals surface area contributed by atoms with Gasteiger partial charge in [0.15, 0.2) is 0 Å². The molecular formula is C23H20BrClN2O. The molecule has 4 aromatic rings. The van der Waals surface area contributed by atoms with Crippen LogP contribution in [-0.4, -0.2) is 16.2 Å². The van der Waals surface area contributed by atoms with Crippen LogP contribution in [-0.2, 0) is 6.54 Å². The zero-order chi connectivity index (χ0) is 19.3. The van der Waals surface area contributed by atoms with Gasteiger partial charge in [0.2, 0.25) is 0 Å². The summed E-state index contributed by atoms with van der Waals surface area (Å²) in [5, 5.41) is 0.722. The van der Waals surface area contributed by atoms with E-state index in [2.05, 4.69) is 50.8 Å². The van der Waals surface area contributed by atoms with E-state index in [0.29, 0.717) is 6.61 Å². The van der Waals surface area contributed by atoms with Crippen LogP contribution in [0.15, 0.2) is 77.3 Å². The van der Waals surface area contributed by atoms with E-state index in [-0.39, 0.29) is 0 Å². The predicted molar refractivity (Wildman–Crippen MR) is 119 cm³/mol. The second-order valence-corrected chi connectivity index (χ2v) is 7.95. The Morgan fingerprint density at radius 1 is 0.929 bits per heavy atom. The number of benzene rings is 3. The van der Waals surface area contributed by atoms with Gasteiger partial charge >= 0.3 is 0 Å². The summed E-state index contributed by atoms with van der Waals surface area (Å²) >= 11 is 9.47. The van der Waals surface area contributed by atoms with Crippen LogP contribution in [0.3, 0.4) is 0 Å². The third-order valence-corrected chi connectivity index (χ3v) is 5.34. The second-order valence-electron chi connectivity index (χ2n) is 6.60. The minimum absolute atomic E-state index is 0.681. The summed E-state index contributed by atoms with van der Waals surface area (Å²) in [6.45, 7) is 1.58. The maximum atomic E-state index is 5.91. The number of imidazole rings is 1. The molecule has 1 heterocycles. The third-order valence-electron chi connectivity index (χ3n) is 4.60. The van der Waals surface area contributed by atoms with Gasteiger partial charge in [0.25, 0.3) is 0 Å². The Labute approximate surface area is 178 Å². The van der Waals surface area contributed by atoms with Crippen LogP contribution in [0.5, 0.6) is 5.75 Å². The van der Waals surface area contributed by atoms with Gasteiger partial charge in [-0.1, -0.05) is 51.8 Å². The van der Waals surface area contributed by atoms with Gasteiger partial charge in [-0.15, -0.1) is 0 Å². The molecule has 28 heavy (non-hydrogen) atoms. The molecule has 0 unspecified atom stereocenters. The van der Waals surface area contributed by atoms with Crippen molar-refractivity contribution in [2.45, 2.75) is 19.4 Å². The highest BCUT2D eigenvalue weighted by molar-refractivity contribution is 9.10. The summed E-state index contributed by atoms with van der Waals surface area (Å²) in [6, 6.07) is 24.1. The van der Waals surface area contributed by atoms with Gasteiger partial charge in [-0.2, -0.15) is 0 Å². The number of ether oxygens (including phenoxy) is 1. The van der Waals surface area contributed by atoms with Crippen LogP contribution in [0.4, 0.5) is 0 Å². The molecule has 0 aliphatic rings. The first-order valence-corrected chi connectivity index (χ1v) is 10.5. The summed E-state index contributed by atoms with van der Waals surface area (Å²) in [5.41, 5.74) is 3.30. The maximum Gasteiger partial charge on any atom is 0.141 e. The molecule has 0 atom stereocenters. The second kappa shape index (κ2) is 8.80. The Kier molecular flexibility index (Phi) is 5.98. The normalized spacial score (nSPS) is 11.1. The van der Waals surface area contributed by atoms with Crippen molar-refractivity contribution in [1.82, 2.24) is 9.55 Å². The van der Waals surface area contributed by atoms with E-state index in [1.165, 1.54) is 0 Å². The van der Waals surface area contributed by atoms with E-state index >= 15 is 0 Å². The predicted octanol–water partition coefficient (Wildman–Crippen LogP) is 6.98. The largest absolute Gasteiger partial charge is 0.494 e. The van der Waals surface area contributed by atoms with Crippen molar-refractivity contribution in [3.8, 4) is 17.1 Å². The average molecular weight is 456 g/mol. The standard InChI is InChI=1S/C23H20BrClN2O/c24-18-7-5-6-17(16-18)23-26-21-8-1-2-9-22(21)27(23)14-3-4-15-28-20-12-10-19(25)11-13-20/h1-2,5-13,16H,3-4,14-15H2. The van der Waals surface area contributed by atoms with Crippen LogP contribution in [0, 0.1) is 0 Å². The van der Waals surface area contributed by atoms with Crippen molar-refractivity contribution in [3.63, 3.8) is 0 Å². The molecule has 0 amide bonds. The molecule has 1 aromatic heterocycles. The highest BCUT2D eigenvalue weighted by Crippen LogP contribution is 2.27. The van der Waals surface area contributed by atoms with Gasteiger partial charge in [0.05, 0.1) is 17.6 Å². The fourth-order valence-corrected chi connectivity index (χ4v) is 3.77. The van der Waals surface area contributed by atoms with Crippen molar-refractivity contribution in [3.05, 3.63) is 82.3 Å². The van der Waals surface area contributed by atoms with Crippen molar-refractivity contribution in [1.29, 1.82) is 0 Å². The Bertz CT molecular complexity index is 1080. The molecular weight excluding hydrogens is 436 g/mol. The molecule has 142 valence electrons. The summed E-state index contributed by atoms with van der Waals surface area (Å²) < 4.78 is 9.17. The van der Waals surface area contributed by atoms with Gasteiger partial charge < -0.3 is 9.30 Å². The van der Waals surface area contributed by atoms with Crippen molar-refractivity contribution in [2.24, 2.45) is 0 Å².